The molecule has 0 heterocycles. The third-order valence-electron chi connectivity index (χ3n) is 6.59. The molecule has 8 nitrogen and oxygen atoms in total. The molecule has 0 aliphatic heterocycles. The van der Waals surface area contributed by atoms with Crippen LogP contribution in [0.5, 0.6) is 11.5 Å². The van der Waals surface area contributed by atoms with E-state index in [4.69, 9.17) is 14.6 Å². The van der Waals surface area contributed by atoms with Crippen molar-refractivity contribution in [1.82, 2.24) is 5.32 Å². The molecule has 1 fully saturated rings. The zero-order valence-corrected chi connectivity index (χ0v) is 21.5. The number of aliphatic carboxylic acids is 1. The highest BCUT2D eigenvalue weighted by Gasteiger charge is 2.24. The maximum atomic E-state index is 13.1. The SMILES string of the molecule is COc1ccc(CCCC(=O)C(NC(=O)CC2CCCC2)Nc2ccc(OCCCC(=O)O)cc2)cc1. The van der Waals surface area contributed by atoms with Crippen LogP contribution in [0.25, 0.3) is 0 Å². The summed E-state index contributed by atoms with van der Waals surface area (Å²) in [6, 6.07) is 14.9. The predicted octanol–water partition coefficient (Wildman–Crippen LogP) is 4.97. The van der Waals surface area contributed by atoms with Crippen LogP contribution < -0.4 is 20.1 Å². The van der Waals surface area contributed by atoms with Crippen molar-refractivity contribution >= 4 is 23.3 Å². The second kappa shape index (κ2) is 14.9. The Hall–Kier alpha value is -3.55. The molecule has 1 saturated carbocycles. The minimum absolute atomic E-state index is 0.0580. The van der Waals surface area contributed by atoms with E-state index in [-0.39, 0.29) is 18.1 Å². The fourth-order valence-electron chi connectivity index (χ4n) is 4.52. The van der Waals surface area contributed by atoms with Gasteiger partial charge in [-0.3, -0.25) is 14.4 Å². The summed E-state index contributed by atoms with van der Waals surface area (Å²) in [7, 11) is 1.63. The summed E-state index contributed by atoms with van der Waals surface area (Å²) in [5.41, 5.74) is 1.81. The van der Waals surface area contributed by atoms with Crippen molar-refractivity contribution in [3.63, 3.8) is 0 Å². The summed E-state index contributed by atoms with van der Waals surface area (Å²) in [6.45, 7) is 0.311. The van der Waals surface area contributed by atoms with Gasteiger partial charge in [-0.15, -0.1) is 0 Å². The van der Waals surface area contributed by atoms with E-state index in [1.54, 1.807) is 31.4 Å². The lowest BCUT2D eigenvalue weighted by Gasteiger charge is -2.21. The summed E-state index contributed by atoms with van der Waals surface area (Å²) >= 11 is 0. The first kappa shape index (κ1) is 28.0. The van der Waals surface area contributed by atoms with Crippen LogP contribution in [0.2, 0.25) is 0 Å². The average molecular weight is 511 g/mol. The molecule has 2 aromatic carbocycles. The zero-order valence-electron chi connectivity index (χ0n) is 21.5. The number of nitrogens with one attached hydrogen (secondary N) is 2. The molecule has 1 amide bonds. The number of Topliss-reactive ketones (excluding diaryl/α,β-unsaturated/α-hetero) is 1. The molecule has 1 aliphatic rings. The molecule has 0 radical (unpaired) electrons. The smallest absolute Gasteiger partial charge is 0.303 e. The predicted molar refractivity (Wildman–Crippen MR) is 142 cm³/mol. The minimum Gasteiger partial charge on any atom is -0.497 e. The quantitative estimate of drug-likeness (QED) is 0.216. The molecule has 0 spiro atoms. The van der Waals surface area contributed by atoms with E-state index in [1.165, 1.54) is 0 Å². The van der Waals surface area contributed by atoms with Gasteiger partial charge in [0.15, 0.2) is 11.9 Å². The Kier molecular flexibility index (Phi) is 11.3. The number of anilines is 1. The highest BCUT2D eigenvalue weighted by molar-refractivity contribution is 5.91. The lowest BCUT2D eigenvalue weighted by Crippen LogP contribution is -2.46. The normalized spacial score (nSPS) is 14.1. The Balaban J connectivity index is 1.55. The van der Waals surface area contributed by atoms with Gasteiger partial charge in [-0.05, 0) is 80.0 Å². The number of carbonyl (C=O) groups is 3. The fraction of sp³-hybridized carbons (Fsp3) is 0.483. The largest absolute Gasteiger partial charge is 0.497 e. The van der Waals surface area contributed by atoms with Crippen molar-refractivity contribution in [2.24, 2.45) is 5.92 Å². The molecule has 1 aliphatic carbocycles. The topological polar surface area (TPSA) is 114 Å². The third-order valence-corrected chi connectivity index (χ3v) is 6.59. The van der Waals surface area contributed by atoms with E-state index < -0.39 is 12.1 Å². The standard InChI is InChI=1S/C29H38N2O6/c1-36-24-15-11-21(12-16-24)8-4-9-26(32)29(31-27(33)20-22-6-2-3-7-22)30-23-13-17-25(18-14-23)37-19-5-10-28(34)35/h11-18,22,29-30H,2-10,19-20H2,1H3,(H,31,33)(H,34,35). The van der Waals surface area contributed by atoms with Gasteiger partial charge in [0, 0.05) is 24.9 Å². The molecule has 1 unspecified atom stereocenters. The molecule has 37 heavy (non-hydrogen) atoms. The molecular formula is C29H38N2O6. The van der Waals surface area contributed by atoms with Crippen molar-refractivity contribution in [3.8, 4) is 11.5 Å². The van der Waals surface area contributed by atoms with E-state index in [0.717, 1.165) is 43.4 Å². The van der Waals surface area contributed by atoms with Gasteiger partial charge in [-0.1, -0.05) is 25.0 Å². The maximum absolute atomic E-state index is 13.1. The van der Waals surface area contributed by atoms with Gasteiger partial charge >= 0.3 is 5.97 Å². The number of benzene rings is 2. The summed E-state index contributed by atoms with van der Waals surface area (Å²) < 4.78 is 10.8. The number of ether oxygens (including phenoxy) is 2. The summed E-state index contributed by atoms with van der Waals surface area (Å²) in [5.74, 6) is 0.782. The Labute approximate surface area is 218 Å². The molecule has 8 heteroatoms. The van der Waals surface area contributed by atoms with E-state index in [0.29, 0.717) is 49.6 Å². The van der Waals surface area contributed by atoms with Gasteiger partial charge in [0.05, 0.1) is 13.7 Å². The lowest BCUT2D eigenvalue weighted by molar-refractivity contribution is -0.137. The summed E-state index contributed by atoms with van der Waals surface area (Å²) in [4.78, 5) is 36.5. The molecule has 2 aromatic rings. The second-order valence-electron chi connectivity index (χ2n) is 9.54. The van der Waals surface area contributed by atoms with Crippen LogP contribution in [-0.4, -0.2) is 42.6 Å². The molecule has 200 valence electrons. The first-order chi connectivity index (χ1) is 17.9. The van der Waals surface area contributed by atoms with Crippen LogP contribution in [0.1, 0.15) is 63.4 Å². The number of carboxylic acid groups (broad SMARTS) is 1. The van der Waals surface area contributed by atoms with Gasteiger partial charge in [0.2, 0.25) is 5.91 Å². The van der Waals surface area contributed by atoms with Gasteiger partial charge in [-0.25, -0.2) is 0 Å². The van der Waals surface area contributed by atoms with E-state index in [1.807, 2.05) is 24.3 Å². The van der Waals surface area contributed by atoms with Gasteiger partial charge in [0.25, 0.3) is 0 Å². The average Bonchev–Trinajstić information content (AvgIpc) is 3.40. The van der Waals surface area contributed by atoms with Crippen molar-refractivity contribution in [2.75, 3.05) is 19.0 Å². The highest BCUT2D eigenvalue weighted by atomic mass is 16.5. The second-order valence-corrected chi connectivity index (χ2v) is 9.54. The van der Waals surface area contributed by atoms with Gasteiger partial charge in [-0.2, -0.15) is 0 Å². The minimum atomic E-state index is -0.849. The first-order valence-electron chi connectivity index (χ1n) is 13.1. The van der Waals surface area contributed by atoms with Gasteiger partial charge < -0.3 is 25.2 Å². The number of carbonyl (C=O) groups excluding carboxylic acids is 2. The van der Waals surface area contributed by atoms with Crippen LogP contribution >= 0.6 is 0 Å². The van der Waals surface area contributed by atoms with Crippen LogP contribution in [0.3, 0.4) is 0 Å². The highest BCUT2D eigenvalue weighted by Crippen LogP contribution is 2.27. The molecular weight excluding hydrogens is 472 g/mol. The maximum Gasteiger partial charge on any atom is 0.303 e. The number of carboxylic acids is 1. The Bertz CT molecular complexity index is 1000. The summed E-state index contributed by atoms with van der Waals surface area (Å²) in [5, 5.41) is 14.8. The Morgan fingerprint density at radius 3 is 2.27 bits per heavy atom. The van der Waals surface area contributed by atoms with Crippen molar-refractivity contribution in [2.45, 2.75) is 70.4 Å². The van der Waals surface area contributed by atoms with Gasteiger partial charge in [0.1, 0.15) is 11.5 Å². The van der Waals surface area contributed by atoms with Crippen LogP contribution in [0.15, 0.2) is 48.5 Å². The first-order valence-corrected chi connectivity index (χ1v) is 13.1. The summed E-state index contributed by atoms with van der Waals surface area (Å²) in [6.07, 6.45) is 6.33. The van der Waals surface area contributed by atoms with Crippen molar-refractivity contribution in [1.29, 1.82) is 0 Å². The monoisotopic (exact) mass is 510 g/mol. The number of ketones is 1. The van der Waals surface area contributed by atoms with E-state index in [9.17, 15) is 14.4 Å². The van der Waals surface area contributed by atoms with Crippen molar-refractivity contribution < 1.29 is 29.0 Å². The van der Waals surface area contributed by atoms with E-state index in [2.05, 4.69) is 10.6 Å². The molecule has 3 N–H and O–H groups in total. The molecule has 3 rings (SSSR count). The number of methoxy groups -OCH3 is 1. The molecule has 0 saturated heterocycles. The van der Waals surface area contributed by atoms with Crippen molar-refractivity contribution in [3.05, 3.63) is 54.1 Å². The molecule has 1 atom stereocenters. The third kappa shape index (κ3) is 10.1. The number of hydrogen-bond acceptors (Lipinski definition) is 6. The number of hydrogen-bond donors (Lipinski definition) is 3. The fourth-order valence-corrected chi connectivity index (χ4v) is 4.52. The molecule has 0 bridgehead atoms. The van der Waals surface area contributed by atoms with Crippen LogP contribution in [0, 0.1) is 5.92 Å². The lowest BCUT2D eigenvalue weighted by atomic mass is 10.0. The Morgan fingerprint density at radius 2 is 1.62 bits per heavy atom. The zero-order chi connectivity index (χ0) is 26.5. The van der Waals surface area contributed by atoms with Crippen LogP contribution in [0.4, 0.5) is 5.69 Å². The number of aryl methyl sites for hydroxylation is 1. The number of rotatable bonds is 16. The Morgan fingerprint density at radius 1 is 0.946 bits per heavy atom. The number of amides is 1. The molecule has 0 aromatic heterocycles. The van der Waals surface area contributed by atoms with E-state index >= 15 is 0 Å². The van der Waals surface area contributed by atoms with Crippen LogP contribution in [-0.2, 0) is 20.8 Å².